The van der Waals surface area contributed by atoms with Crippen molar-refractivity contribution in [2.75, 3.05) is 0 Å². The van der Waals surface area contributed by atoms with Crippen LogP contribution in [-0.4, -0.2) is 10.9 Å². The summed E-state index contributed by atoms with van der Waals surface area (Å²) >= 11 is 0. The molecule has 3 rings (SSSR count). The smallest absolute Gasteiger partial charge is 0.163 e. The Hall–Kier alpha value is -1.93. The molecule has 174 valence electrons. The van der Waals surface area contributed by atoms with Crippen molar-refractivity contribution >= 4 is 5.78 Å². The number of hydrogen-bond acceptors (Lipinski definition) is 2. The Labute approximate surface area is 195 Å². The third-order valence-electron chi connectivity index (χ3n) is 7.07. The molecule has 0 aromatic heterocycles. The summed E-state index contributed by atoms with van der Waals surface area (Å²) in [7, 11) is 0. The average molecular weight is 435 g/mol. The Morgan fingerprint density at radius 2 is 1.34 bits per heavy atom. The molecule has 0 unspecified atom stereocenters. The van der Waals surface area contributed by atoms with E-state index in [1.165, 1.54) is 87.3 Å². The molecule has 0 radical (unpaired) electrons. The number of rotatable bonds is 16. The van der Waals surface area contributed by atoms with Crippen LogP contribution in [-0.2, 0) is 13.0 Å². The van der Waals surface area contributed by atoms with Crippen molar-refractivity contribution in [3.8, 4) is 11.1 Å². The summed E-state index contributed by atoms with van der Waals surface area (Å²) in [6, 6.07) is 12.4. The SMILES string of the molecule is CCCCCCCCCCCCCCCC(=O)c1ccc2c(c1CO)Cc1ccccc1-2. The van der Waals surface area contributed by atoms with Crippen LogP contribution in [0.2, 0.25) is 0 Å². The first-order valence-electron chi connectivity index (χ1n) is 13.1. The number of fused-ring (bicyclic) bond motifs is 3. The summed E-state index contributed by atoms with van der Waals surface area (Å²) in [4.78, 5) is 12.9. The van der Waals surface area contributed by atoms with Crippen molar-refractivity contribution in [2.24, 2.45) is 0 Å². The number of hydrogen-bond donors (Lipinski definition) is 1. The molecular weight excluding hydrogens is 392 g/mol. The van der Waals surface area contributed by atoms with Gasteiger partial charge in [-0.25, -0.2) is 0 Å². The molecule has 2 aromatic carbocycles. The lowest BCUT2D eigenvalue weighted by atomic mass is 9.92. The first-order valence-corrected chi connectivity index (χ1v) is 13.1. The third-order valence-corrected chi connectivity index (χ3v) is 7.07. The van der Waals surface area contributed by atoms with Crippen molar-refractivity contribution < 1.29 is 9.90 Å². The fraction of sp³-hybridized carbons (Fsp3) is 0.567. The number of carbonyl (C=O) groups excluding carboxylic acids is 1. The second-order valence-corrected chi connectivity index (χ2v) is 9.53. The molecule has 0 spiro atoms. The maximum atomic E-state index is 12.9. The van der Waals surface area contributed by atoms with Crippen LogP contribution in [0.25, 0.3) is 11.1 Å². The van der Waals surface area contributed by atoms with Crippen LogP contribution in [0, 0.1) is 0 Å². The van der Waals surface area contributed by atoms with E-state index in [1.54, 1.807) is 0 Å². The molecule has 0 saturated heterocycles. The first-order chi connectivity index (χ1) is 15.8. The van der Waals surface area contributed by atoms with Gasteiger partial charge in [0.15, 0.2) is 5.78 Å². The molecular formula is C30H42O2. The Morgan fingerprint density at radius 3 is 1.97 bits per heavy atom. The van der Waals surface area contributed by atoms with E-state index in [1.807, 2.05) is 6.07 Å². The number of benzene rings is 2. The minimum Gasteiger partial charge on any atom is -0.392 e. The van der Waals surface area contributed by atoms with Gasteiger partial charge in [-0.1, -0.05) is 120 Å². The maximum Gasteiger partial charge on any atom is 0.163 e. The van der Waals surface area contributed by atoms with Crippen LogP contribution < -0.4 is 0 Å². The van der Waals surface area contributed by atoms with Gasteiger partial charge in [0.2, 0.25) is 0 Å². The zero-order chi connectivity index (χ0) is 22.6. The van der Waals surface area contributed by atoms with Crippen molar-refractivity contribution in [1.29, 1.82) is 0 Å². The normalized spacial score (nSPS) is 12.1. The Kier molecular flexibility index (Phi) is 10.5. The molecule has 0 aliphatic heterocycles. The molecule has 0 fully saturated rings. The van der Waals surface area contributed by atoms with Gasteiger partial charge >= 0.3 is 0 Å². The van der Waals surface area contributed by atoms with E-state index >= 15 is 0 Å². The van der Waals surface area contributed by atoms with Crippen molar-refractivity contribution in [3.63, 3.8) is 0 Å². The second kappa shape index (κ2) is 13.6. The van der Waals surface area contributed by atoms with Crippen molar-refractivity contribution in [2.45, 2.75) is 110 Å². The summed E-state index contributed by atoms with van der Waals surface area (Å²) in [5.74, 6) is 0.191. The quantitative estimate of drug-likeness (QED) is 0.181. The largest absolute Gasteiger partial charge is 0.392 e. The summed E-state index contributed by atoms with van der Waals surface area (Å²) < 4.78 is 0. The average Bonchev–Trinajstić information content (AvgIpc) is 3.20. The van der Waals surface area contributed by atoms with E-state index in [-0.39, 0.29) is 12.4 Å². The molecule has 32 heavy (non-hydrogen) atoms. The third kappa shape index (κ3) is 6.78. The molecule has 0 atom stereocenters. The molecule has 1 aliphatic rings. The molecule has 0 bridgehead atoms. The molecule has 1 aliphatic carbocycles. The Morgan fingerprint density at radius 1 is 0.750 bits per heavy atom. The van der Waals surface area contributed by atoms with E-state index < -0.39 is 0 Å². The number of aliphatic hydroxyl groups excluding tert-OH is 1. The standard InChI is InChI=1S/C30H42O2/c1-2-3-4-5-6-7-8-9-10-11-12-13-14-19-30(32)27-21-20-26-25-18-16-15-17-24(25)22-28(26)29(27)23-31/h15-18,20-21,31H,2-14,19,22-23H2,1H3. The van der Waals surface area contributed by atoms with E-state index in [2.05, 4.69) is 37.3 Å². The highest BCUT2D eigenvalue weighted by Gasteiger charge is 2.24. The van der Waals surface area contributed by atoms with Gasteiger partial charge in [-0.3, -0.25) is 4.79 Å². The predicted octanol–water partition coefficient (Wildman–Crippen LogP) is 8.41. The predicted molar refractivity (Wildman–Crippen MR) is 135 cm³/mol. The minimum atomic E-state index is -0.0587. The second-order valence-electron chi connectivity index (χ2n) is 9.53. The molecule has 2 nitrogen and oxygen atoms in total. The summed E-state index contributed by atoms with van der Waals surface area (Å²) in [6.07, 6.45) is 18.5. The van der Waals surface area contributed by atoms with Crippen LogP contribution in [0.5, 0.6) is 0 Å². The number of ketones is 1. The molecule has 2 aromatic rings. The number of carbonyl (C=O) groups is 1. The molecule has 0 saturated carbocycles. The summed E-state index contributed by atoms with van der Waals surface area (Å²) in [5, 5.41) is 10.0. The fourth-order valence-corrected chi connectivity index (χ4v) is 5.15. The highest BCUT2D eigenvalue weighted by atomic mass is 16.3. The lowest BCUT2D eigenvalue weighted by Crippen LogP contribution is -2.07. The number of unbranched alkanes of at least 4 members (excludes halogenated alkanes) is 12. The molecule has 1 N–H and O–H groups in total. The van der Waals surface area contributed by atoms with E-state index in [9.17, 15) is 9.90 Å². The van der Waals surface area contributed by atoms with Crippen LogP contribution in [0.3, 0.4) is 0 Å². The van der Waals surface area contributed by atoms with Gasteiger partial charge < -0.3 is 5.11 Å². The van der Waals surface area contributed by atoms with Gasteiger partial charge in [0.25, 0.3) is 0 Å². The fourth-order valence-electron chi connectivity index (χ4n) is 5.15. The zero-order valence-electron chi connectivity index (χ0n) is 20.1. The lowest BCUT2D eigenvalue weighted by Gasteiger charge is -2.12. The number of Topliss-reactive ketones (excluding diaryl/α,β-unsaturated/α-hetero) is 1. The van der Waals surface area contributed by atoms with E-state index in [0.717, 1.165) is 36.0 Å². The van der Waals surface area contributed by atoms with E-state index in [4.69, 9.17) is 0 Å². The van der Waals surface area contributed by atoms with Gasteiger partial charge in [-0.05, 0) is 40.7 Å². The van der Waals surface area contributed by atoms with Crippen LogP contribution in [0.1, 0.15) is 124 Å². The first kappa shape index (κ1) is 24.7. The summed E-state index contributed by atoms with van der Waals surface area (Å²) in [5.41, 5.74) is 6.44. The highest BCUT2D eigenvalue weighted by Crippen LogP contribution is 2.39. The molecule has 2 heteroatoms. The van der Waals surface area contributed by atoms with Crippen molar-refractivity contribution in [1.82, 2.24) is 0 Å². The Bertz CT molecular complexity index is 852. The van der Waals surface area contributed by atoms with Crippen LogP contribution in [0.4, 0.5) is 0 Å². The van der Waals surface area contributed by atoms with Gasteiger partial charge in [-0.2, -0.15) is 0 Å². The van der Waals surface area contributed by atoms with Gasteiger partial charge in [0, 0.05) is 12.0 Å². The van der Waals surface area contributed by atoms with Gasteiger partial charge in [0.1, 0.15) is 0 Å². The highest BCUT2D eigenvalue weighted by molar-refractivity contribution is 5.99. The van der Waals surface area contributed by atoms with Crippen molar-refractivity contribution in [3.05, 3.63) is 58.7 Å². The topological polar surface area (TPSA) is 37.3 Å². The molecule has 0 amide bonds. The van der Waals surface area contributed by atoms with Crippen LogP contribution in [0.15, 0.2) is 36.4 Å². The van der Waals surface area contributed by atoms with E-state index in [0.29, 0.717) is 6.42 Å². The lowest BCUT2D eigenvalue weighted by molar-refractivity contribution is 0.0976. The minimum absolute atomic E-state index is 0.0587. The zero-order valence-corrected chi connectivity index (χ0v) is 20.1. The maximum absolute atomic E-state index is 12.9. The monoisotopic (exact) mass is 434 g/mol. The number of aliphatic hydroxyl groups is 1. The van der Waals surface area contributed by atoms with Gasteiger partial charge in [0.05, 0.1) is 6.61 Å². The Balaban J connectivity index is 1.34. The van der Waals surface area contributed by atoms with Gasteiger partial charge in [-0.15, -0.1) is 0 Å². The van der Waals surface area contributed by atoms with Crippen LogP contribution >= 0.6 is 0 Å². The molecule has 0 heterocycles. The summed E-state index contributed by atoms with van der Waals surface area (Å²) in [6.45, 7) is 2.21.